The molecule has 3 heteroatoms. The van der Waals surface area contributed by atoms with Crippen molar-refractivity contribution >= 4 is 0 Å². The lowest BCUT2D eigenvalue weighted by molar-refractivity contribution is 0.232. The molecule has 0 radical (unpaired) electrons. The van der Waals surface area contributed by atoms with Crippen LogP contribution in [-0.4, -0.2) is 17.8 Å². The lowest BCUT2D eigenvalue weighted by Crippen LogP contribution is -2.36. The van der Waals surface area contributed by atoms with Crippen LogP contribution in [0.4, 0.5) is 0 Å². The van der Waals surface area contributed by atoms with E-state index in [1.165, 1.54) is 5.56 Å². The second-order valence-corrected chi connectivity index (χ2v) is 5.33. The molecule has 0 aliphatic rings. The van der Waals surface area contributed by atoms with Crippen molar-refractivity contribution in [2.75, 3.05) is 6.61 Å². The molecule has 0 saturated carbocycles. The van der Waals surface area contributed by atoms with E-state index in [1.807, 2.05) is 32.0 Å². The number of aliphatic hydroxyl groups is 1. The standard InChI is InChI=1S/C17H23NO2/c1-12-9-17(14(3)20-12)13(2)18-16(11-19)10-15-7-5-4-6-8-15/h4-9,13,16,18-19H,10-11H2,1-3H3/t13?,16-/m0/s1. The molecule has 0 fully saturated rings. The minimum Gasteiger partial charge on any atom is -0.466 e. The van der Waals surface area contributed by atoms with Gasteiger partial charge in [-0.3, -0.25) is 0 Å². The highest BCUT2D eigenvalue weighted by Crippen LogP contribution is 2.22. The molecule has 0 aliphatic carbocycles. The molecule has 0 aliphatic heterocycles. The monoisotopic (exact) mass is 273 g/mol. The average molecular weight is 273 g/mol. The molecular weight excluding hydrogens is 250 g/mol. The van der Waals surface area contributed by atoms with Gasteiger partial charge in [0.05, 0.1) is 6.61 Å². The molecule has 1 unspecified atom stereocenters. The van der Waals surface area contributed by atoms with Crippen LogP contribution >= 0.6 is 0 Å². The zero-order valence-electron chi connectivity index (χ0n) is 12.4. The number of benzene rings is 1. The lowest BCUT2D eigenvalue weighted by atomic mass is 10.0. The topological polar surface area (TPSA) is 45.4 Å². The highest BCUT2D eigenvalue weighted by atomic mass is 16.3. The van der Waals surface area contributed by atoms with E-state index in [1.54, 1.807) is 0 Å². The summed E-state index contributed by atoms with van der Waals surface area (Å²) >= 11 is 0. The summed E-state index contributed by atoms with van der Waals surface area (Å²) in [7, 11) is 0. The van der Waals surface area contributed by atoms with Crippen molar-refractivity contribution in [2.45, 2.75) is 39.3 Å². The van der Waals surface area contributed by atoms with E-state index in [0.717, 1.165) is 23.5 Å². The molecule has 3 nitrogen and oxygen atoms in total. The Morgan fingerprint density at radius 3 is 2.45 bits per heavy atom. The van der Waals surface area contributed by atoms with Gasteiger partial charge < -0.3 is 14.8 Å². The number of hydrogen-bond donors (Lipinski definition) is 2. The molecule has 108 valence electrons. The van der Waals surface area contributed by atoms with Gasteiger partial charge in [-0.05, 0) is 38.8 Å². The van der Waals surface area contributed by atoms with Gasteiger partial charge in [0.1, 0.15) is 11.5 Å². The van der Waals surface area contributed by atoms with Gasteiger partial charge in [-0.25, -0.2) is 0 Å². The second-order valence-electron chi connectivity index (χ2n) is 5.33. The summed E-state index contributed by atoms with van der Waals surface area (Å²) in [5.74, 6) is 1.87. The average Bonchev–Trinajstić information content (AvgIpc) is 2.78. The van der Waals surface area contributed by atoms with Crippen LogP contribution in [0.2, 0.25) is 0 Å². The van der Waals surface area contributed by atoms with Crippen LogP contribution in [0.1, 0.15) is 35.6 Å². The summed E-state index contributed by atoms with van der Waals surface area (Å²) < 4.78 is 5.57. The van der Waals surface area contributed by atoms with Crippen molar-refractivity contribution in [3.8, 4) is 0 Å². The molecule has 0 amide bonds. The minimum atomic E-state index is 0.0435. The molecule has 2 aromatic rings. The second kappa shape index (κ2) is 6.73. The molecule has 1 heterocycles. The predicted molar refractivity (Wildman–Crippen MR) is 80.8 cm³/mol. The van der Waals surface area contributed by atoms with Gasteiger partial charge >= 0.3 is 0 Å². The molecule has 20 heavy (non-hydrogen) atoms. The van der Waals surface area contributed by atoms with Crippen molar-refractivity contribution in [3.63, 3.8) is 0 Å². The SMILES string of the molecule is Cc1cc(C(C)N[C@H](CO)Cc2ccccc2)c(C)o1. The Bertz CT molecular complexity index is 533. The summed E-state index contributed by atoms with van der Waals surface area (Å²) in [4.78, 5) is 0. The molecule has 0 bridgehead atoms. The molecule has 0 saturated heterocycles. The molecule has 1 aromatic heterocycles. The first kappa shape index (κ1) is 14.8. The smallest absolute Gasteiger partial charge is 0.105 e. The highest BCUT2D eigenvalue weighted by Gasteiger charge is 2.17. The Hall–Kier alpha value is -1.58. The van der Waals surface area contributed by atoms with Gasteiger partial charge in [0.25, 0.3) is 0 Å². The Morgan fingerprint density at radius 1 is 1.20 bits per heavy atom. The fraction of sp³-hybridized carbons (Fsp3) is 0.412. The van der Waals surface area contributed by atoms with Crippen molar-refractivity contribution in [1.29, 1.82) is 0 Å². The highest BCUT2D eigenvalue weighted by molar-refractivity contribution is 5.24. The molecule has 0 spiro atoms. The van der Waals surface area contributed by atoms with Gasteiger partial charge in [-0.1, -0.05) is 30.3 Å². The van der Waals surface area contributed by atoms with Crippen LogP contribution < -0.4 is 5.32 Å². The van der Waals surface area contributed by atoms with E-state index < -0.39 is 0 Å². The fourth-order valence-corrected chi connectivity index (χ4v) is 2.60. The van der Waals surface area contributed by atoms with Gasteiger partial charge in [0.15, 0.2) is 0 Å². The van der Waals surface area contributed by atoms with Crippen LogP contribution in [0.5, 0.6) is 0 Å². The fourth-order valence-electron chi connectivity index (χ4n) is 2.60. The molecule has 2 N–H and O–H groups in total. The first-order valence-electron chi connectivity index (χ1n) is 7.08. The Labute approximate surface area is 120 Å². The van der Waals surface area contributed by atoms with E-state index in [2.05, 4.69) is 30.4 Å². The maximum atomic E-state index is 9.57. The summed E-state index contributed by atoms with van der Waals surface area (Å²) in [5.41, 5.74) is 2.39. The third-order valence-electron chi connectivity index (χ3n) is 3.58. The maximum Gasteiger partial charge on any atom is 0.105 e. The summed E-state index contributed by atoms with van der Waals surface area (Å²) in [5, 5.41) is 13.0. The first-order chi connectivity index (χ1) is 9.60. The Balaban J connectivity index is 2.01. The predicted octanol–water partition coefficient (Wildman–Crippen LogP) is 3.15. The zero-order valence-corrected chi connectivity index (χ0v) is 12.4. The number of aryl methyl sites for hydroxylation is 2. The van der Waals surface area contributed by atoms with Crippen LogP contribution in [0.15, 0.2) is 40.8 Å². The van der Waals surface area contributed by atoms with E-state index in [4.69, 9.17) is 4.42 Å². The molecule has 2 atom stereocenters. The van der Waals surface area contributed by atoms with Crippen molar-refractivity contribution in [3.05, 3.63) is 59.0 Å². The number of nitrogens with one attached hydrogen (secondary N) is 1. The van der Waals surface area contributed by atoms with E-state index >= 15 is 0 Å². The Morgan fingerprint density at radius 2 is 1.90 bits per heavy atom. The van der Waals surface area contributed by atoms with Gasteiger partial charge in [-0.2, -0.15) is 0 Å². The van der Waals surface area contributed by atoms with E-state index in [-0.39, 0.29) is 18.7 Å². The molecular formula is C17H23NO2. The Kier molecular flexibility index (Phi) is 4.99. The zero-order chi connectivity index (χ0) is 14.5. The van der Waals surface area contributed by atoms with Crippen LogP contribution in [0.25, 0.3) is 0 Å². The van der Waals surface area contributed by atoms with E-state index in [9.17, 15) is 5.11 Å². The van der Waals surface area contributed by atoms with Gasteiger partial charge in [0, 0.05) is 17.6 Å². The molecule has 1 aromatic carbocycles. The summed E-state index contributed by atoms with van der Waals surface area (Å²) in [6, 6.07) is 12.5. The first-order valence-corrected chi connectivity index (χ1v) is 7.08. The van der Waals surface area contributed by atoms with Crippen molar-refractivity contribution in [2.24, 2.45) is 0 Å². The third kappa shape index (κ3) is 3.71. The number of rotatable bonds is 6. The van der Waals surface area contributed by atoms with Gasteiger partial charge in [0.2, 0.25) is 0 Å². The van der Waals surface area contributed by atoms with Gasteiger partial charge in [-0.15, -0.1) is 0 Å². The lowest BCUT2D eigenvalue weighted by Gasteiger charge is -2.21. The summed E-state index contributed by atoms with van der Waals surface area (Å²) in [6.45, 7) is 6.16. The number of furan rings is 1. The quantitative estimate of drug-likeness (QED) is 0.850. The number of aliphatic hydroxyl groups excluding tert-OH is 1. The van der Waals surface area contributed by atoms with Crippen LogP contribution in [0.3, 0.4) is 0 Å². The van der Waals surface area contributed by atoms with Crippen LogP contribution in [-0.2, 0) is 6.42 Å². The largest absolute Gasteiger partial charge is 0.466 e. The third-order valence-corrected chi connectivity index (χ3v) is 3.58. The normalized spacial score (nSPS) is 14.2. The summed E-state index contributed by atoms with van der Waals surface area (Å²) in [6.07, 6.45) is 0.817. The van der Waals surface area contributed by atoms with Crippen molar-refractivity contribution < 1.29 is 9.52 Å². The van der Waals surface area contributed by atoms with Crippen molar-refractivity contribution in [1.82, 2.24) is 5.32 Å². The molecule has 2 rings (SSSR count). The number of hydrogen-bond acceptors (Lipinski definition) is 3. The van der Waals surface area contributed by atoms with Crippen LogP contribution in [0, 0.1) is 13.8 Å². The minimum absolute atomic E-state index is 0.0435. The van der Waals surface area contributed by atoms with E-state index in [0.29, 0.717) is 0 Å². The maximum absolute atomic E-state index is 9.57.